The number of carbonyl (C=O) groups excluding carboxylic acids is 1. The predicted molar refractivity (Wildman–Crippen MR) is 71.7 cm³/mol. The summed E-state index contributed by atoms with van der Waals surface area (Å²) in [6.07, 6.45) is 2.55. The van der Waals surface area contributed by atoms with E-state index in [9.17, 15) is 4.79 Å². The minimum Gasteiger partial charge on any atom is -0.322 e. The zero-order valence-corrected chi connectivity index (χ0v) is 10.9. The van der Waals surface area contributed by atoms with Gasteiger partial charge in [0.2, 0.25) is 0 Å². The standard InChI is InChI=1S/C14H17N3O/c1-4-11-6-5-7-12(8-11)16-14(18)13-9-15-17(3)10(13)2/h5-9H,4H2,1-3H3,(H,16,18). The van der Waals surface area contributed by atoms with Gasteiger partial charge in [0, 0.05) is 18.4 Å². The lowest BCUT2D eigenvalue weighted by Gasteiger charge is -2.06. The third-order valence-electron chi connectivity index (χ3n) is 3.07. The van der Waals surface area contributed by atoms with E-state index < -0.39 is 0 Å². The molecule has 1 N–H and O–H groups in total. The van der Waals surface area contributed by atoms with Gasteiger partial charge in [0.25, 0.3) is 5.91 Å². The number of carbonyl (C=O) groups is 1. The van der Waals surface area contributed by atoms with Crippen LogP contribution in [-0.2, 0) is 13.5 Å². The summed E-state index contributed by atoms with van der Waals surface area (Å²) in [7, 11) is 1.82. The molecule has 94 valence electrons. The van der Waals surface area contributed by atoms with Crippen LogP contribution in [0.2, 0.25) is 0 Å². The van der Waals surface area contributed by atoms with Crippen molar-refractivity contribution >= 4 is 11.6 Å². The second-order valence-electron chi connectivity index (χ2n) is 4.28. The summed E-state index contributed by atoms with van der Waals surface area (Å²) in [5.74, 6) is -0.117. The van der Waals surface area contributed by atoms with E-state index in [2.05, 4.69) is 17.3 Å². The van der Waals surface area contributed by atoms with Crippen LogP contribution in [0.4, 0.5) is 5.69 Å². The van der Waals surface area contributed by atoms with Gasteiger partial charge < -0.3 is 5.32 Å². The molecule has 0 atom stereocenters. The molecule has 0 aliphatic rings. The Labute approximate surface area is 107 Å². The highest BCUT2D eigenvalue weighted by atomic mass is 16.1. The number of amides is 1. The second-order valence-corrected chi connectivity index (χ2v) is 4.28. The van der Waals surface area contributed by atoms with Crippen LogP contribution in [0.5, 0.6) is 0 Å². The molecule has 0 aliphatic carbocycles. The second kappa shape index (κ2) is 5.04. The summed E-state index contributed by atoms with van der Waals surface area (Å²) in [4.78, 5) is 12.1. The van der Waals surface area contributed by atoms with E-state index in [4.69, 9.17) is 0 Å². The van der Waals surface area contributed by atoms with Crippen molar-refractivity contribution in [2.45, 2.75) is 20.3 Å². The Morgan fingerprint density at radius 2 is 2.22 bits per heavy atom. The first-order valence-corrected chi connectivity index (χ1v) is 6.00. The lowest BCUT2D eigenvalue weighted by molar-refractivity contribution is 0.102. The summed E-state index contributed by atoms with van der Waals surface area (Å²) in [6.45, 7) is 3.97. The van der Waals surface area contributed by atoms with E-state index >= 15 is 0 Å². The molecule has 0 unspecified atom stereocenters. The summed E-state index contributed by atoms with van der Waals surface area (Å²) in [5, 5.41) is 6.96. The fraction of sp³-hybridized carbons (Fsp3) is 0.286. The van der Waals surface area contributed by atoms with Gasteiger partial charge in [0.15, 0.2) is 0 Å². The zero-order valence-electron chi connectivity index (χ0n) is 10.9. The van der Waals surface area contributed by atoms with Gasteiger partial charge in [-0.15, -0.1) is 0 Å². The molecule has 0 fully saturated rings. The minimum atomic E-state index is -0.117. The molecule has 0 bridgehead atoms. The van der Waals surface area contributed by atoms with E-state index in [1.54, 1.807) is 10.9 Å². The van der Waals surface area contributed by atoms with E-state index in [1.165, 1.54) is 5.56 Å². The van der Waals surface area contributed by atoms with Gasteiger partial charge in [-0.2, -0.15) is 5.10 Å². The van der Waals surface area contributed by atoms with Crippen LogP contribution in [0.15, 0.2) is 30.5 Å². The molecule has 0 saturated carbocycles. The van der Waals surface area contributed by atoms with Gasteiger partial charge in [-0.05, 0) is 31.0 Å². The molecule has 1 aromatic heterocycles. The summed E-state index contributed by atoms with van der Waals surface area (Å²) < 4.78 is 1.69. The van der Waals surface area contributed by atoms with Gasteiger partial charge in [-0.3, -0.25) is 9.48 Å². The van der Waals surface area contributed by atoms with Crippen LogP contribution < -0.4 is 5.32 Å². The molecule has 4 heteroatoms. The smallest absolute Gasteiger partial charge is 0.259 e. The van der Waals surface area contributed by atoms with E-state index in [-0.39, 0.29) is 5.91 Å². The first-order chi connectivity index (χ1) is 8.61. The summed E-state index contributed by atoms with van der Waals surface area (Å²) >= 11 is 0. The fourth-order valence-electron chi connectivity index (χ4n) is 1.79. The molecule has 1 amide bonds. The minimum absolute atomic E-state index is 0.117. The quantitative estimate of drug-likeness (QED) is 0.900. The molecule has 2 aromatic rings. The number of aromatic nitrogens is 2. The highest BCUT2D eigenvalue weighted by Crippen LogP contribution is 2.14. The van der Waals surface area contributed by atoms with Gasteiger partial charge in [-0.1, -0.05) is 19.1 Å². The fourth-order valence-corrected chi connectivity index (χ4v) is 1.79. The highest BCUT2D eigenvalue weighted by molar-refractivity contribution is 6.04. The SMILES string of the molecule is CCc1cccc(NC(=O)c2cnn(C)c2C)c1. The van der Waals surface area contributed by atoms with Crippen molar-refractivity contribution in [3.63, 3.8) is 0 Å². The normalized spacial score (nSPS) is 10.4. The maximum absolute atomic E-state index is 12.1. The van der Waals surface area contributed by atoms with Crippen LogP contribution in [0.25, 0.3) is 0 Å². The molecule has 18 heavy (non-hydrogen) atoms. The molecule has 0 spiro atoms. The molecular weight excluding hydrogens is 226 g/mol. The van der Waals surface area contributed by atoms with Crippen molar-refractivity contribution in [2.75, 3.05) is 5.32 Å². The van der Waals surface area contributed by atoms with Crippen LogP contribution in [0, 0.1) is 6.92 Å². The average molecular weight is 243 g/mol. The number of nitrogens with one attached hydrogen (secondary N) is 1. The molecule has 1 aromatic carbocycles. The van der Waals surface area contributed by atoms with Crippen molar-refractivity contribution in [3.8, 4) is 0 Å². The number of nitrogens with zero attached hydrogens (tertiary/aromatic N) is 2. The third-order valence-corrected chi connectivity index (χ3v) is 3.07. The number of rotatable bonds is 3. The van der Waals surface area contributed by atoms with Gasteiger partial charge >= 0.3 is 0 Å². The predicted octanol–water partition coefficient (Wildman–Crippen LogP) is 2.54. The highest BCUT2D eigenvalue weighted by Gasteiger charge is 2.12. The third kappa shape index (κ3) is 2.42. The Balaban J connectivity index is 2.18. The van der Waals surface area contributed by atoms with E-state index in [0.29, 0.717) is 5.56 Å². The Hall–Kier alpha value is -2.10. The lowest BCUT2D eigenvalue weighted by Crippen LogP contribution is -2.13. The van der Waals surface area contributed by atoms with Crippen molar-refractivity contribution in [1.82, 2.24) is 9.78 Å². The van der Waals surface area contributed by atoms with Crippen LogP contribution in [0.1, 0.15) is 28.5 Å². The molecule has 2 rings (SSSR count). The number of hydrogen-bond acceptors (Lipinski definition) is 2. The number of aryl methyl sites for hydroxylation is 2. The number of hydrogen-bond donors (Lipinski definition) is 1. The van der Waals surface area contributed by atoms with Crippen molar-refractivity contribution in [2.24, 2.45) is 7.05 Å². The maximum atomic E-state index is 12.1. The Morgan fingerprint density at radius 1 is 1.44 bits per heavy atom. The first kappa shape index (κ1) is 12.4. The lowest BCUT2D eigenvalue weighted by atomic mass is 10.1. The van der Waals surface area contributed by atoms with E-state index in [1.807, 2.05) is 38.2 Å². The zero-order chi connectivity index (χ0) is 13.1. The summed E-state index contributed by atoms with van der Waals surface area (Å²) in [5.41, 5.74) is 3.50. The molecule has 1 heterocycles. The topological polar surface area (TPSA) is 46.9 Å². The first-order valence-electron chi connectivity index (χ1n) is 6.00. The average Bonchev–Trinajstić information content (AvgIpc) is 2.70. The van der Waals surface area contributed by atoms with Crippen LogP contribution >= 0.6 is 0 Å². The van der Waals surface area contributed by atoms with Gasteiger partial charge in [0.1, 0.15) is 0 Å². The molecule has 0 radical (unpaired) electrons. The Kier molecular flexibility index (Phi) is 3.46. The van der Waals surface area contributed by atoms with Gasteiger partial charge in [-0.25, -0.2) is 0 Å². The number of anilines is 1. The van der Waals surface area contributed by atoms with Crippen molar-refractivity contribution < 1.29 is 4.79 Å². The summed E-state index contributed by atoms with van der Waals surface area (Å²) in [6, 6.07) is 7.88. The monoisotopic (exact) mass is 243 g/mol. The van der Waals surface area contributed by atoms with Gasteiger partial charge in [0.05, 0.1) is 11.8 Å². The maximum Gasteiger partial charge on any atom is 0.259 e. The van der Waals surface area contributed by atoms with Crippen LogP contribution in [0.3, 0.4) is 0 Å². The largest absolute Gasteiger partial charge is 0.322 e. The van der Waals surface area contributed by atoms with Crippen molar-refractivity contribution in [3.05, 3.63) is 47.3 Å². The van der Waals surface area contributed by atoms with Crippen molar-refractivity contribution in [1.29, 1.82) is 0 Å². The van der Waals surface area contributed by atoms with E-state index in [0.717, 1.165) is 17.8 Å². The molecule has 0 aliphatic heterocycles. The molecule has 0 saturated heterocycles. The Morgan fingerprint density at radius 3 is 2.83 bits per heavy atom. The number of benzene rings is 1. The Bertz CT molecular complexity index is 572. The molecular formula is C14H17N3O. The van der Waals surface area contributed by atoms with Crippen LogP contribution in [-0.4, -0.2) is 15.7 Å². The molecule has 4 nitrogen and oxygen atoms in total.